The zero-order valence-corrected chi connectivity index (χ0v) is 13.6. The zero-order chi connectivity index (χ0) is 15.2. The predicted octanol–water partition coefficient (Wildman–Crippen LogP) is 2.03. The molecule has 1 atom stereocenters. The third kappa shape index (κ3) is 5.15. The Morgan fingerprint density at radius 1 is 1.24 bits per heavy atom. The summed E-state index contributed by atoms with van der Waals surface area (Å²) in [5.41, 5.74) is 0.986. The lowest BCUT2D eigenvalue weighted by atomic mass is 10.2. The smallest absolute Gasteiger partial charge is 0.119 e. The van der Waals surface area contributed by atoms with E-state index in [1.54, 1.807) is 0 Å². The fourth-order valence-corrected chi connectivity index (χ4v) is 2.66. The van der Waals surface area contributed by atoms with Crippen LogP contribution in [0, 0.1) is 6.92 Å². The third-order valence-corrected chi connectivity index (χ3v) is 4.38. The van der Waals surface area contributed by atoms with Gasteiger partial charge in [0.25, 0.3) is 0 Å². The lowest BCUT2D eigenvalue weighted by molar-refractivity contribution is 0.0471. The summed E-state index contributed by atoms with van der Waals surface area (Å²) in [6.45, 7) is 10.4. The van der Waals surface area contributed by atoms with E-state index in [1.807, 2.05) is 25.1 Å². The van der Waals surface area contributed by atoms with Gasteiger partial charge < -0.3 is 14.7 Å². The number of hydrogen-bond donors (Lipinski definition) is 1. The lowest BCUT2D eigenvalue weighted by Gasteiger charge is -2.34. The Labute approximate surface area is 132 Å². The molecule has 118 valence electrons. The van der Waals surface area contributed by atoms with Gasteiger partial charge in [-0.25, -0.2) is 0 Å². The normalized spacial score (nSPS) is 18.7. The maximum atomic E-state index is 10.1. The molecule has 0 saturated carbocycles. The van der Waals surface area contributed by atoms with Gasteiger partial charge in [0.2, 0.25) is 0 Å². The molecule has 0 amide bonds. The van der Waals surface area contributed by atoms with Gasteiger partial charge in [0, 0.05) is 37.7 Å². The van der Waals surface area contributed by atoms with Crippen molar-refractivity contribution in [3.63, 3.8) is 0 Å². The van der Waals surface area contributed by atoms with E-state index in [-0.39, 0.29) is 0 Å². The van der Waals surface area contributed by atoms with Crippen LogP contribution >= 0.6 is 11.6 Å². The Kier molecular flexibility index (Phi) is 6.30. The number of halogens is 1. The van der Waals surface area contributed by atoms with Crippen molar-refractivity contribution in [3.8, 4) is 5.75 Å². The minimum atomic E-state index is -0.464. The zero-order valence-electron chi connectivity index (χ0n) is 12.9. The maximum Gasteiger partial charge on any atom is 0.119 e. The second-order valence-electron chi connectivity index (χ2n) is 5.61. The molecule has 1 N–H and O–H groups in total. The Bertz CT molecular complexity index is 448. The van der Waals surface area contributed by atoms with Crippen molar-refractivity contribution in [2.45, 2.75) is 20.0 Å². The van der Waals surface area contributed by atoms with Gasteiger partial charge in [0.15, 0.2) is 0 Å². The maximum absolute atomic E-state index is 10.1. The molecule has 1 aromatic rings. The third-order valence-electron chi connectivity index (χ3n) is 3.95. The summed E-state index contributed by atoms with van der Waals surface area (Å²) < 4.78 is 5.64. The number of rotatable bonds is 6. The van der Waals surface area contributed by atoms with Crippen LogP contribution in [0.5, 0.6) is 5.75 Å². The number of aliphatic hydroxyl groups excluding tert-OH is 1. The molecule has 1 saturated heterocycles. The summed E-state index contributed by atoms with van der Waals surface area (Å²) >= 11 is 5.98. The number of piperazine rings is 1. The van der Waals surface area contributed by atoms with Crippen molar-refractivity contribution in [1.29, 1.82) is 0 Å². The Balaban J connectivity index is 1.72. The number of aryl methyl sites for hydroxylation is 1. The first-order valence-electron chi connectivity index (χ1n) is 7.60. The number of likely N-dealkylation sites (N-methyl/N-ethyl adjacent to an activating group) is 1. The molecular weight excluding hydrogens is 288 g/mol. The van der Waals surface area contributed by atoms with Crippen molar-refractivity contribution in [2.75, 3.05) is 45.9 Å². The van der Waals surface area contributed by atoms with Crippen LogP contribution in [0.2, 0.25) is 5.02 Å². The van der Waals surface area contributed by atoms with Gasteiger partial charge in [0.1, 0.15) is 18.5 Å². The van der Waals surface area contributed by atoms with E-state index >= 15 is 0 Å². The fourth-order valence-electron chi connectivity index (χ4n) is 2.54. The van der Waals surface area contributed by atoms with Crippen LogP contribution in [0.3, 0.4) is 0 Å². The fraction of sp³-hybridized carbons (Fsp3) is 0.625. The quantitative estimate of drug-likeness (QED) is 0.872. The van der Waals surface area contributed by atoms with Crippen LogP contribution < -0.4 is 4.74 Å². The highest BCUT2D eigenvalue weighted by molar-refractivity contribution is 6.31. The number of β-amino-alcohol motifs (C(OH)–C–C–N with tert-alkyl or cyclic N) is 1. The molecule has 4 nitrogen and oxygen atoms in total. The molecule has 0 aromatic heterocycles. The minimum absolute atomic E-state index is 0.315. The van der Waals surface area contributed by atoms with Gasteiger partial charge in [0.05, 0.1) is 0 Å². The first-order valence-corrected chi connectivity index (χ1v) is 7.98. The van der Waals surface area contributed by atoms with Crippen LogP contribution in [-0.4, -0.2) is 66.9 Å². The molecule has 0 spiro atoms. The molecule has 1 fully saturated rings. The van der Waals surface area contributed by atoms with Crippen molar-refractivity contribution >= 4 is 11.6 Å². The summed E-state index contributed by atoms with van der Waals surface area (Å²) in [5, 5.41) is 10.8. The Morgan fingerprint density at radius 2 is 1.90 bits per heavy atom. The first kappa shape index (κ1) is 16.6. The molecule has 21 heavy (non-hydrogen) atoms. The Morgan fingerprint density at radius 3 is 2.52 bits per heavy atom. The van der Waals surface area contributed by atoms with Crippen LogP contribution in [0.1, 0.15) is 12.5 Å². The number of aliphatic hydroxyl groups is 1. The largest absolute Gasteiger partial charge is 0.491 e. The molecule has 5 heteroatoms. The van der Waals surface area contributed by atoms with Crippen LogP contribution in [0.25, 0.3) is 0 Å². The molecule has 1 aliphatic rings. The molecule has 1 aliphatic heterocycles. The van der Waals surface area contributed by atoms with Gasteiger partial charge in [-0.1, -0.05) is 18.5 Å². The second kappa shape index (κ2) is 7.99. The molecule has 0 bridgehead atoms. The van der Waals surface area contributed by atoms with E-state index in [2.05, 4.69) is 16.7 Å². The topological polar surface area (TPSA) is 35.9 Å². The molecule has 0 unspecified atom stereocenters. The highest BCUT2D eigenvalue weighted by Gasteiger charge is 2.18. The number of ether oxygens (including phenoxy) is 1. The molecule has 1 heterocycles. The number of benzene rings is 1. The van der Waals surface area contributed by atoms with Gasteiger partial charge in [-0.15, -0.1) is 0 Å². The van der Waals surface area contributed by atoms with Gasteiger partial charge in [-0.2, -0.15) is 0 Å². The standard InChI is InChI=1S/C16H25ClN2O2/c1-3-18-6-8-19(9-7-18)11-14(20)12-21-15-4-5-16(17)13(2)10-15/h4-5,10,14,20H,3,6-9,11-12H2,1-2H3/t14-/m0/s1. The summed E-state index contributed by atoms with van der Waals surface area (Å²) in [6.07, 6.45) is -0.464. The van der Waals surface area contributed by atoms with E-state index in [1.165, 1.54) is 0 Å². The monoisotopic (exact) mass is 312 g/mol. The SMILES string of the molecule is CCN1CCN(C[C@H](O)COc2ccc(Cl)c(C)c2)CC1. The minimum Gasteiger partial charge on any atom is -0.491 e. The van der Waals surface area contributed by atoms with Crippen LogP contribution in [-0.2, 0) is 0 Å². The molecular formula is C16H25ClN2O2. The lowest BCUT2D eigenvalue weighted by Crippen LogP contribution is -2.49. The summed E-state index contributed by atoms with van der Waals surface area (Å²) in [7, 11) is 0. The average molecular weight is 313 g/mol. The van der Waals surface area contributed by atoms with Gasteiger partial charge >= 0.3 is 0 Å². The average Bonchev–Trinajstić information content (AvgIpc) is 2.49. The highest BCUT2D eigenvalue weighted by Crippen LogP contribution is 2.21. The summed E-state index contributed by atoms with van der Waals surface area (Å²) in [5.74, 6) is 0.756. The van der Waals surface area contributed by atoms with E-state index in [0.717, 1.165) is 49.1 Å². The van der Waals surface area contributed by atoms with Crippen molar-refractivity contribution < 1.29 is 9.84 Å². The molecule has 1 aromatic carbocycles. The van der Waals surface area contributed by atoms with Crippen molar-refractivity contribution in [2.24, 2.45) is 0 Å². The Hall–Kier alpha value is -0.810. The molecule has 0 radical (unpaired) electrons. The first-order chi connectivity index (χ1) is 10.1. The molecule has 0 aliphatic carbocycles. The van der Waals surface area contributed by atoms with Gasteiger partial charge in [-0.3, -0.25) is 4.90 Å². The van der Waals surface area contributed by atoms with E-state index < -0.39 is 6.10 Å². The predicted molar refractivity (Wildman–Crippen MR) is 86.2 cm³/mol. The van der Waals surface area contributed by atoms with E-state index in [0.29, 0.717) is 13.2 Å². The van der Waals surface area contributed by atoms with E-state index in [9.17, 15) is 5.11 Å². The second-order valence-corrected chi connectivity index (χ2v) is 6.02. The summed E-state index contributed by atoms with van der Waals surface area (Å²) in [6, 6.07) is 5.56. The highest BCUT2D eigenvalue weighted by atomic mass is 35.5. The number of nitrogens with zero attached hydrogens (tertiary/aromatic N) is 2. The molecule has 2 rings (SSSR count). The van der Waals surface area contributed by atoms with Crippen molar-refractivity contribution in [1.82, 2.24) is 9.80 Å². The summed E-state index contributed by atoms with van der Waals surface area (Å²) in [4.78, 5) is 4.73. The van der Waals surface area contributed by atoms with Crippen LogP contribution in [0.4, 0.5) is 0 Å². The van der Waals surface area contributed by atoms with Gasteiger partial charge in [-0.05, 0) is 37.2 Å². The van der Waals surface area contributed by atoms with E-state index in [4.69, 9.17) is 16.3 Å². The van der Waals surface area contributed by atoms with Crippen molar-refractivity contribution in [3.05, 3.63) is 28.8 Å². The van der Waals surface area contributed by atoms with Crippen LogP contribution in [0.15, 0.2) is 18.2 Å². The number of hydrogen-bond acceptors (Lipinski definition) is 4.